The summed E-state index contributed by atoms with van der Waals surface area (Å²) in [4.78, 5) is 23.7. The van der Waals surface area contributed by atoms with Crippen molar-refractivity contribution in [2.45, 2.75) is 20.3 Å². The van der Waals surface area contributed by atoms with E-state index in [9.17, 15) is 9.59 Å². The zero-order chi connectivity index (χ0) is 19.2. The van der Waals surface area contributed by atoms with E-state index in [2.05, 4.69) is 5.32 Å². The van der Waals surface area contributed by atoms with Crippen LogP contribution in [0.4, 0.5) is 5.69 Å². The first-order valence-corrected chi connectivity index (χ1v) is 8.76. The minimum absolute atomic E-state index is 0.118. The number of carbonyl (C=O) groups excluding carboxylic acids is 2. The van der Waals surface area contributed by atoms with Gasteiger partial charge in [-0.1, -0.05) is 24.3 Å². The number of anilines is 1. The molecule has 5 heteroatoms. The highest BCUT2D eigenvalue weighted by molar-refractivity contribution is 5.95. The summed E-state index contributed by atoms with van der Waals surface area (Å²) in [5.41, 5.74) is 4.30. The van der Waals surface area contributed by atoms with Crippen LogP contribution in [-0.2, 0) is 20.7 Å². The fourth-order valence-electron chi connectivity index (χ4n) is 2.74. The molecule has 27 heavy (non-hydrogen) atoms. The van der Waals surface area contributed by atoms with Crippen molar-refractivity contribution in [1.82, 2.24) is 0 Å². The van der Waals surface area contributed by atoms with E-state index in [4.69, 9.17) is 9.15 Å². The SMILES string of the molecule is CCOC(=O)/C=C/c1ccc(NC(=O)Cc2coc3cc(C)ccc23)cc1. The second-order valence-electron chi connectivity index (χ2n) is 6.19. The van der Waals surface area contributed by atoms with Gasteiger partial charge in [0.2, 0.25) is 5.91 Å². The van der Waals surface area contributed by atoms with Crippen LogP contribution in [0.5, 0.6) is 0 Å². The summed E-state index contributed by atoms with van der Waals surface area (Å²) in [7, 11) is 0. The van der Waals surface area contributed by atoms with E-state index < -0.39 is 0 Å². The van der Waals surface area contributed by atoms with Crippen molar-refractivity contribution in [3.63, 3.8) is 0 Å². The maximum absolute atomic E-state index is 12.3. The molecule has 1 N–H and O–H groups in total. The summed E-state index contributed by atoms with van der Waals surface area (Å²) in [6.45, 7) is 4.11. The lowest BCUT2D eigenvalue weighted by Gasteiger charge is -2.05. The van der Waals surface area contributed by atoms with Crippen molar-refractivity contribution in [2.24, 2.45) is 0 Å². The number of aryl methyl sites for hydroxylation is 1. The van der Waals surface area contributed by atoms with Crippen LogP contribution < -0.4 is 5.32 Å². The molecule has 0 saturated heterocycles. The molecule has 0 aliphatic rings. The normalized spacial score (nSPS) is 11.0. The molecule has 0 atom stereocenters. The van der Waals surface area contributed by atoms with Crippen LogP contribution in [0.25, 0.3) is 17.0 Å². The maximum atomic E-state index is 12.3. The third-order valence-corrected chi connectivity index (χ3v) is 4.06. The summed E-state index contributed by atoms with van der Waals surface area (Å²) in [5.74, 6) is -0.495. The number of ether oxygens (including phenoxy) is 1. The lowest BCUT2D eigenvalue weighted by molar-refractivity contribution is -0.137. The molecule has 0 aliphatic carbocycles. The van der Waals surface area contributed by atoms with E-state index in [1.807, 2.05) is 37.3 Å². The van der Waals surface area contributed by atoms with Gasteiger partial charge in [0.15, 0.2) is 0 Å². The number of amides is 1. The van der Waals surface area contributed by atoms with E-state index >= 15 is 0 Å². The molecule has 1 amide bonds. The standard InChI is InChI=1S/C22H21NO4/c1-3-26-22(25)11-7-16-5-8-18(9-6-16)23-21(24)13-17-14-27-20-12-15(2)4-10-19(17)20/h4-12,14H,3,13H2,1-2H3,(H,23,24)/b11-7+. The lowest BCUT2D eigenvalue weighted by atomic mass is 10.1. The number of rotatable bonds is 6. The molecular weight excluding hydrogens is 342 g/mol. The molecule has 5 nitrogen and oxygen atoms in total. The van der Waals surface area contributed by atoms with Crippen LogP contribution >= 0.6 is 0 Å². The van der Waals surface area contributed by atoms with Gasteiger partial charge in [0.05, 0.1) is 19.3 Å². The fourth-order valence-corrected chi connectivity index (χ4v) is 2.74. The Balaban J connectivity index is 1.61. The van der Waals surface area contributed by atoms with Gasteiger partial charge in [-0.2, -0.15) is 0 Å². The highest BCUT2D eigenvalue weighted by Crippen LogP contribution is 2.23. The highest BCUT2D eigenvalue weighted by Gasteiger charge is 2.11. The molecule has 0 radical (unpaired) electrons. The Morgan fingerprint density at radius 2 is 1.93 bits per heavy atom. The predicted octanol–water partition coefficient (Wildman–Crippen LogP) is 4.50. The molecule has 0 bridgehead atoms. The van der Waals surface area contributed by atoms with Crippen LogP contribution in [-0.4, -0.2) is 18.5 Å². The Bertz CT molecular complexity index is 983. The second-order valence-corrected chi connectivity index (χ2v) is 6.19. The monoisotopic (exact) mass is 363 g/mol. The van der Waals surface area contributed by atoms with E-state index in [1.165, 1.54) is 6.08 Å². The summed E-state index contributed by atoms with van der Waals surface area (Å²) >= 11 is 0. The van der Waals surface area contributed by atoms with E-state index in [0.717, 1.165) is 27.7 Å². The van der Waals surface area contributed by atoms with Crippen molar-refractivity contribution in [3.8, 4) is 0 Å². The van der Waals surface area contributed by atoms with Crippen LogP contribution in [0, 0.1) is 6.92 Å². The predicted molar refractivity (Wildman–Crippen MR) is 105 cm³/mol. The quantitative estimate of drug-likeness (QED) is 0.517. The van der Waals surface area contributed by atoms with Gasteiger partial charge in [-0.3, -0.25) is 4.79 Å². The number of nitrogens with one attached hydrogen (secondary N) is 1. The van der Waals surface area contributed by atoms with E-state index in [1.54, 1.807) is 31.4 Å². The topological polar surface area (TPSA) is 68.5 Å². The van der Waals surface area contributed by atoms with Crippen molar-refractivity contribution < 1.29 is 18.7 Å². The largest absolute Gasteiger partial charge is 0.464 e. The Morgan fingerprint density at radius 3 is 2.67 bits per heavy atom. The average molecular weight is 363 g/mol. The van der Waals surface area contributed by atoms with Crippen molar-refractivity contribution in [1.29, 1.82) is 0 Å². The van der Waals surface area contributed by atoms with Crippen LogP contribution in [0.2, 0.25) is 0 Å². The highest BCUT2D eigenvalue weighted by atomic mass is 16.5. The van der Waals surface area contributed by atoms with Gasteiger partial charge in [0.25, 0.3) is 0 Å². The molecule has 3 aromatic rings. The smallest absolute Gasteiger partial charge is 0.330 e. The minimum Gasteiger partial charge on any atom is -0.464 e. The summed E-state index contributed by atoms with van der Waals surface area (Å²) in [6.07, 6.45) is 4.92. The molecule has 3 rings (SSSR count). The zero-order valence-corrected chi connectivity index (χ0v) is 15.3. The minimum atomic E-state index is -0.377. The molecule has 1 aromatic heterocycles. The van der Waals surface area contributed by atoms with Crippen molar-refractivity contribution in [2.75, 3.05) is 11.9 Å². The molecule has 1 heterocycles. The third kappa shape index (κ3) is 4.85. The Kier molecular flexibility index (Phi) is 5.71. The molecule has 0 spiro atoms. The van der Waals surface area contributed by atoms with E-state index in [0.29, 0.717) is 12.3 Å². The first-order chi connectivity index (χ1) is 13.0. The first-order valence-electron chi connectivity index (χ1n) is 8.76. The lowest BCUT2D eigenvalue weighted by Crippen LogP contribution is -2.14. The van der Waals surface area contributed by atoms with Gasteiger partial charge >= 0.3 is 5.97 Å². The molecule has 0 fully saturated rings. The number of furan rings is 1. The average Bonchev–Trinajstić information content (AvgIpc) is 3.03. The maximum Gasteiger partial charge on any atom is 0.330 e. The molecule has 2 aromatic carbocycles. The number of carbonyl (C=O) groups is 2. The summed E-state index contributed by atoms with van der Waals surface area (Å²) in [5, 5.41) is 3.83. The summed E-state index contributed by atoms with van der Waals surface area (Å²) in [6, 6.07) is 13.2. The first kappa shape index (κ1) is 18.5. The number of hydrogen-bond acceptors (Lipinski definition) is 4. The molecular formula is C22H21NO4. The molecule has 0 aliphatic heterocycles. The van der Waals surface area contributed by atoms with Crippen molar-refractivity contribution >= 4 is 34.6 Å². The molecule has 138 valence electrons. The Hall–Kier alpha value is -3.34. The van der Waals surface area contributed by atoms with Gasteiger partial charge in [0, 0.05) is 22.7 Å². The summed E-state index contributed by atoms with van der Waals surface area (Å²) < 4.78 is 10.4. The zero-order valence-electron chi connectivity index (χ0n) is 15.3. The van der Waals surface area contributed by atoms with Gasteiger partial charge in [-0.15, -0.1) is 0 Å². The van der Waals surface area contributed by atoms with Crippen LogP contribution in [0.1, 0.15) is 23.6 Å². The Labute approximate surface area is 157 Å². The Morgan fingerprint density at radius 1 is 1.15 bits per heavy atom. The molecule has 0 unspecified atom stereocenters. The number of benzene rings is 2. The van der Waals surface area contributed by atoms with Gasteiger partial charge in [0.1, 0.15) is 5.58 Å². The fraction of sp³-hybridized carbons (Fsp3) is 0.182. The third-order valence-electron chi connectivity index (χ3n) is 4.06. The van der Waals surface area contributed by atoms with Gasteiger partial charge in [-0.25, -0.2) is 4.79 Å². The second kappa shape index (κ2) is 8.36. The van der Waals surface area contributed by atoms with Gasteiger partial charge in [-0.05, 0) is 49.2 Å². The van der Waals surface area contributed by atoms with E-state index in [-0.39, 0.29) is 18.3 Å². The molecule has 0 saturated carbocycles. The van der Waals surface area contributed by atoms with Gasteiger partial charge < -0.3 is 14.5 Å². The number of hydrogen-bond donors (Lipinski definition) is 1. The number of esters is 1. The van der Waals surface area contributed by atoms with Crippen molar-refractivity contribution in [3.05, 3.63) is 71.5 Å². The van der Waals surface area contributed by atoms with Crippen LogP contribution in [0.3, 0.4) is 0 Å². The van der Waals surface area contributed by atoms with Crippen LogP contribution in [0.15, 0.2) is 59.2 Å². The number of fused-ring (bicyclic) bond motifs is 1.